The van der Waals surface area contributed by atoms with Gasteiger partial charge in [-0.15, -0.1) is 0 Å². The van der Waals surface area contributed by atoms with Gasteiger partial charge in [-0.25, -0.2) is 0 Å². The van der Waals surface area contributed by atoms with E-state index >= 15 is 0 Å². The molecule has 0 aromatic heterocycles. The maximum Gasteiger partial charge on any atom is 0.306 e. The summed E-state index contributed by atoms with van der Waals surface area (Å²) in [4.78, 5) is 25.4. The van der Waals surface area contributed by atoms with Gasteiger partial charge in [0.2, 0.25) is 0 Å². The molecule has 0 fully saturated rings. The van der Waals surface area contributed by atoms with E-state index in [2.05, 4.69) is 69.4 Å². The Morgan fingerprint density at radius 3 is 1.15 bits per heavy atom. The van der Waals surface area contributed by atoms with Crippen LogP contribution in [0.4, 0.5) is 0 Å². The number of carbonyl (C=O) groups is 2. The number of carbonyl (C=O) groups excluding carboxylic acids is 2. The lowest BCUT2D eigenvalue weighted by atomic mass is 10.1. The summed E-state index contributed by atoms with van der Waals surface area (Å²) >= 11 is 0. The Hall–Kier alpha value is -2.14. The predicted octanol–water partition coefficient (Wildman–Crippen LogP) is 18.3. The number of ether oxygens (including phenoxy) is 3. The number of hydrogen-bond donors (Lipinski definition) is 0. The third-order valence-corrected chi connectivity index (χ3v) is 11.8. The molecule has 0 amide bonds. The summed E-state index contributed by atoms with van der Waals surface area (Å²) < 4.78 is 17.4. The number of rotatable bonds is 50. The minimum atomic E-state index is -0.546. The molecule has 0 radical (unpaired) electrons. The monoisotopic (exact) mass is 869 g/mol. The molecule has 0 aliphatic heterocycles. The Morgan fingerprint density at radius 1 is 0.355 bits per heavy atom. The number of hydrogen-bond acceptors (Lipinski definition) is 5. The Labute approximate surface area is 386 Å². The van der Waals surface area contributed by atoms with Crippen molar-refractivity contribution in [3.05, 3.63) is 48.6 Å². The number of allylic oxidation sites excluding steroid dienone is 8. The third kappa shape index (κ3) is 50.5. The molecule has 0 aliphatic rings. The van der Waals surface area contributed by atoms with Crippen LogP contribution in [0.2, 0.25) is 0 Å². The van der Waals surface area contributed by atoms with Gasteiger partial charge in [-0.2, -0.15) is 0 Å². The molecule has 0 aliphatic carbocycles. The van der Waals surface area contributed by atoms with Gasteiger partial charge in [-0.3, -0.25) is 9.59 Å². The molecule has 5 heteroatoms. The van der Waals surface area contributed by atoms with Crippen molar-refractivity contribution in [2.24, 2.45) is 0 Å². The molecule has 5 nitrogen and oxygen atoms in total. The quantitative estimate of drug-likeness (QED) is 0.0346. The van der Waals surface area contributed by atoms with Crippen molar-refractivity contribution in [3.8, 4) is 0 Å². The van der Waals surface area contributed by atoms with Crippen molar-refractivity contribution in [2.75, 3.05) is 19.8 Å². The Bertz CT molecular complexity index is 1030. The fraction of sp³-hybridized carbons (Fsp3) is 0.825. The third-order valence-electron chi connectivity index (χ3n) is 11.8. The van der Waals surface area contributed by atoms with Gasteiger partial charge in [-0.05, 0) is 96.3 Å². The van der Waals surface area contributed by atoms with Crippen LogP contribution in [0.3, 0.4) is 0 Å². The van der Waals surface area contributed by atoms with Crippen molar-refractivity contribution in [1.82, 2.24) is 0 Å². The molecular formula is C57H104O5. The van der Waals surface area contributed by atoms with E-state index in [1.807, 2.05) is 0 Å². The molecule has 0 aromatic rings. The van der Waals surface area contributed by atoms with Crippen molar-refractivity contribution < 1.29 is 23.8 Å². The first-order chi connectivity index (χ1) is 30.6. The fourth-order valence-electron chi connectivity index (χ4n) is 7.71. The van der Waals surface area contributed by atoms with E-state index in [4.69, 9.17) is 14.2 Å². The van der Waals surface area contributed by atoms with E-state index in [0.717, 1.165) is 57.8 Å². The molecular weight excluding hydrogens is 765 g/mol. The second-order valence-electron chi connectivity index (χ2n) is 18.1. The first-order valence-electron chi connectivity index (χ1n) is 27.2. The van der Waals surface area contributed by atoms with Gasteiger partial charge in [0, 0.05) is 19.4 Å². The predicted molar refractivity (Wildman–Crippen MR) is 270 cm³/mol. The van der Waals surface area contributed by atoms with Gasteiger partial charge in [0.05, 0.1) is 6.61 Å². The van der Waals surface area contributed by atoms with Crippen molar-refractivity contribution in [3.63, 3.8) is 0 Å². The lowest BCUT2D eigenvalue weighted by Crippen LogP contribution is -2.30. The second-order valence-corrected chi connectivity index (χ2v) is 18.1. The van der Waals surface area contributed by atoms with Crippen LogP contribution in [0, 0.1) is 0 Å². The zero-order valence-corrected chi connectivity index (χ0v) is 41.6. The SMILES string of the molecule is CCC/C=C\C/C=C\CCCCCCCCOCC(COC(=O)CCCCCCCCC/C=C\CCCCCCCC)OC(=O)CCCCCCC/C=C\CCCCCCCC. The summed E-state index contributed by atoms with van der Waals surface area (Å²) in [6.45, 7) is 7.76. The van der Waals surface area contributed by atoms with Gasteiger partial charge in [0.15, 0.2) is 6.10 Å². The molecule has 62 heavy (non-hydrogen) atoms. The molecule has 0 heterocycles. The molecule has 0 spiro atoms. The summed E-state index contributed by atoms with van der Waals surface area (Å²) in [6.07, 6.45) is 65.5. The standard InChI is InChI=1S/C57H104O5/c1-4-7-10-13-16-19-22-25-28-29-31-32-35-38-41-44-47-50-56(58)61-54-55(53-60-52-49-46-43-40-37-34-27-24-21-18-15-12-9-6-3)62-57(59)51-48-45-42-39-36-33-30-26-23-20-17-14-11-8-5-2/h12,15,21,24-26,28,30,55H,4-11,13-14,16-20,22-23,27,29,31-54H2,1-3H3/b15-12-,24-21-,28-25-,30-26-. The van der Waals surface area contributed by atoms with Crippen LogP contribution in [0.5, 0.6) is 0 Å². The maximum absolute atomic E-state index is 12.8. The Kier molecular flexibility index (Phi) is 51.4. The summed E-state index contributed by atoms with van der Waals surface area (Å²) in [5.41, 5.74) is 0. The van der Waals surface area contributed by atoms with E-state index in [0.29, 0.717) is 19.4 Å². The second kappa shape index (κ2) is 53.2. The van der Waals surface area contributed by atoms with Crippen LogP contribution in [0.1, 0.15) is 278 Å². The molecule has 362 valence electrons. The minimum Gasteiger partial charge on any atom is -0.462 e. The highest BCUT2D eigenvalue weighted by Gasteiger charge is 2.17. The number of esters is 2. The van der Waals surface area contributed by atoms with E-state index in [-0.39, 0.29) is 25.2 Å². The molecule has 0 bridgehead atoms. The number of unbranched alkanes of at least 4 members (excludes halogenated alkanes) is 31. The molecule has 0 N–H and O–H groups in total. The van der Waals surface area contributed by atoms with Gasteiger partial charge in [0.25, 0.3) is 0 Å². The highest BCUT2D eigenvalue weighted by molar-refractivity contribution is 5.70. The topological polar surface area (TPSA) is 61.8 Å². The zero-order valence-electron chi connectivity index (χ0n) is 41.6. The molecule has 0 saturated carbocycles. The Balaban J connectivity index is 4.27. The van der Waals surface area contributed by atoms with Crippen LogP contribution in [-0.2, 0) is 23.8 Å². The Morgan fingerprint density at radius 2 is 0.710 bits per heavy atom. The van der Waals surface area contributed by atoms with Crippen molar-refractivity contribution >= 4 is 11.9 Å². The smallest absolute Gasteiger partial charge is 0.306 e. The summed E-state index contributed by atoms with van der Waals surface area (Å²) in [5.74, 6) is -0.408. The van der Waals surface area contributed by atoms with Gasteiger partial charge < -0.3 is 14.2 Å². The average Bonchev–Trinajstić information content (AvgIpc) is 3.27. The normalized spacial score (nSPS) is 12.5. The lowest BCUT2D eigenvalue weighted by Gasteiger charge is -2.18. The van der Waals surface area contributed by atoms with E-state index in [1.165, 1.54) is 186 Å². The van der Waals surface area contributed by atoms with Crippen molar-refractivity contribution in [2.45, 2.75) is 284 Å². The molecule has 0 saturated heterocycles. The highest BCUT2D eigenvalue weighted by Crippen LogP contribution is 2.14. The van der Waals surface area contributed by atoms with Gasteiger partial charge >= 0.3 is 11.9 Å². The van der Waals surface area contributed by atoms with E-state index in [1.54, 1.807) is 0 Å². The highest BCUT2D eigenvalue weighted by atomic mass is 16.6. The van der Waals surface area contributed by atoms with Crippen LogP contribution in [0.25, 0.3) is 0 Å². The summed E-state index contributed by atoms with van der Waals surface area (Å²) in [5, 5.41) is 0. The minimum absolute atomic E-state index is 0.0772. The zero-order chi connectivity index (χ0) is 44.9. The van der Waals surface area contributed by atoms with Gasteiger partial charge in [-0.1, -0.05) is 217 Å². The van der Waals surface area contributed by atoms with Crippen LogP contribution >= 0.6 is 0 Å². The largest absolute Gasteiger partial charge is 0.462 e. The van der Waals surface area contributed by atoms with E-state index < -0.39 is 6.10 Å². The first-order valence-corrected chi connectivity index (χ1v) is 27.2. The molecule has 0 aromatic carbocycles. The maximum atomic E-state index is 12.8. The van der Waals surface area contributed by atoms with Crippen LogP contribution in [-0.4, -0.2) is 37.9 Å². The van der Waals surface area contributed by atoms with Crippen LogP contribution < -0.4 is 0 Å². The summed E-state index contributed by atoms with van der Waals surface area (Å²) in [6, 6.07) is 0. The molecule has 0 rings (SSSR count). The first kappa shape index (κ1) is 59.9. The van der Waals surface area contributed by atoms with Crippen LogP contribution in [0.15, 0.2) is 48.6 Å². The molecule has 1 atom stereocenters. The fourth-order valence-corrected chi connectivity index (χ4v) is 7.71. The summed E-state index contributed by atoms with van der Waals surface area (Å²) in [7, 11) is 0. The van der Waals surface area contributed by atoms with Crippen molar-refractivity contribution in [1.29, 1.82) is 0 Å². The molecule has 1 unspecified atom stereocenters. The lowest BCUT2D eigenvalue weighted by molar-refractivity contribution is -0.163. The van der Waals surface area contributed by atoms with Gasteiger partial charge in [0.1, 0.15) is 6.61 Å². The average molecular weight is 869 g/mol. The van der Waals surface area contributed by atoms with E-state index in [9.17, 15) is 9.59 Å².